The maximum atomic E-state index is 13.0. The fraction of sp³-hybridized carbons (Fsp3) is 0.160. The van der Waals surface area contributed by atoms with Crippen LogP contribution >= 0.6 is 11.8 Å². The summed E-state index contributed by atoms with van der Waals surface area (Å²) in [5, 5.41) is 4.03. The van der Waals surface area contributed by atoms with E-state index in [1.807, 2.05) is 66.7 Å². The number of carbonyl (C=O) groups excluding carboxylic acids is 3. The summed E-state index contributed by atoms with van der Waals surface area (Å²) >= 11 is 0.893. The highest BCUT2D eigenvalue weighted by atomic mass is 32.2. The average molecular weight is 447 g/mol. The third-order valence-electron chi connectivity index (χ3n) is 5.20. The lowest BCUT2D eigenvalue weighted by Crippen LogP contribution is -2.36. The first-order valence-corrected chi connectivity index (χ1v) is 11.0. The monoisotopic (exact) mass is 446 g/mol. The molecule has 1 atom stereocenters. The van der Waals surface area contributed by atoms with Crippen LogP contribution in [0.2, 0.25) is 0 Å². The Balaban J connectivity index is 1.61. The highest BCUT2D eigenvalue weighted by Gasteiger charge is 2.31. The first-order valence-electron chi connectivity index (χ1n) is 10.1. The molecule has 32 heavy (non-hydrogen) atoms. The summed E-state index contributed by atoms with van der Waals surface area (Å²) in [6.45, 7) is 0.0834. The maximum Gasteiger partial charge on any atom is 0.286 e. The molecule has 1 aliphatic rings. The van der Waals surface area contributed by atoms with E-state index in [1.54, 1.807) is 13.2 Å². The van der Waals surface area contributed by atoms with Crippen LogP contribution in [0, 0.1) is 0 Å². The molecule has 6 nitrogen and oxygen atoms in total. The molecule has 1 aliphatic heterocycles. The summed E-state index contributed by atoms with van der Waals surface area (Å²) < 4.78 is 5.33. The molecule has 0 saturated carbocycles. The smallest absolute Gasteiger partial charge is 0.286 e. The van der Waals surface area contributed by atoms with Gasteiger partial charge in [-0.15, -0.1) is 0 Å². The van der Waals surface area contributed by atoms with Crippen LogP contribution in [0.4, 0.5) is 4.79 Å². The largest absolute Gasteiger partial charge is 0.497 e. The molecule has 0 radical (unpaired) electrons. The molecule has 1 fully saturated rings. The van der Waals surface area contributed by atoms with Gasteiger partial charge in [-0.25, -0.2) is 0 Å². The lowest BCUT2D eigenvalue weighted by atomic mass is 9.94. The van der Waals surface area contributed by atoms with Crippen molar-refractivity contribution in [1.82, 2.24) is 10.6 Å². The van der Waals surface area contributed by atoms with Crippen molar-refractivity contribution in [1.29, 1.82) is 0 Å². The SMILES string of the molecule is COc1cccc(Cc2cc(-c3ccccc3)ccc2C(=O)NCC2SC(=O)NC2=O)c1. The fourth-order valence-electron chi connectivity index (χ4n) is 3.58. The van der Waals surface area contributed by atoms with Crippen molar-refractivity contribution in [3.8, 4) is 16.9 Å². The second-order valence-corrected chi connectivity index (χ2v) is 8.54. The lowest BCUT2D eigenvalue weighted by molar-refractivity contribution is -0.118. The van der Waals surface area contributed by atoms with Crippen LogP contribution in [0.5, 0.6) is 5.75 Å². The molecule has 1 heterocycles. The zero-order valence-electron chi connectivity index (χ0n) is 17.5. The normalized spacial score (nSPS) is 15.3. The number of carbonyl (C=O) groups is 3. The predicted molar refractivity (Wildman–Crippen MR) is 125 cm³/mol. The van der Waals surface area contributed by atoms with Gasteiger partial charge < -0.3 is 10.1 Å². The quantitative estimate of drug-likeness (QED) is 0.572. The number of nitrogens with one attached hydrogen (secondary N) is 2. The molecule has 0 aromatic heterocycles. The van der Waals surface area contributed by atoms with Crippen LogP contribution in [-0.2, 0) is 11.2 Å². The minimum atomic E-state index is -0.614. The van der Waals surface area contributed by atoms with Crippen LogP contribution in [0.1, 0.15) is 21.5 Å². The molecule has 3 aromatic carbocycles. The Morgan fingerprint density at radius 3 is 2.53 bits per heavy atom. The average Bonchev–Trinajstić information content (AvgIpc) is 3.14. The number of amides is 3. The number of thioether (sulfide) groups is 1. The van der Waals surface area contributed by atoms with Gasteiger partial charge in [0.05, 0.1) is 7.11 Å². The summed E-state index contributed by atoms with van der Waals surface area (Å²) in [5.74, 6) is 0.0910. The van der Waals surface area contributed by atoms with E-state index >= 15 is 0 Å². The summed E-state index contributed by atoms with van der Waals surface area (Å²) in [6, 6.07) is 23.4. The molecule has 1 unspecified atom stereocenters. The Morgan fingerprint density at radius 1 is 1.00 bits per heavy atom. The van der Waals surface area contributed by atoms with Crippen LogP contribution < -0.4 is 15.4 Å². The van der Waals surface area contributed by atoms with E-state index in [4.69, 9.17) is 4.74 Å². The molecular weight excluding hydrogens is 424 g/mol. The zero-order chi connectivity index (χ0) is 22.5. The van der Waals surface area contributed by atoms with Crippen molar-refractivity contribution < 1.29 is 19.1 Å². The topological polar surface area (TPSA) is 84.5 Å². The van der Waals surface area contributed by atoms with Gasteiger partial charge >= 0.3 is 0 Å². The molecule has 0 spiro atoms. The first kappa shape index (κ1) is 21.6. The molecule has 162 valence electrons. The van der Waals surface area contributed by atoms with Gasteiger partial charge in [0.2, 0.25) is 5.91 Å². The number of ether oxygens (including phenoxy) is 1. The fourth-order valence-corrected chi connectivity index (χ4v) is 4.33. The third-order valence-corrected chi connectivity index (χ3v) is 6.18. The Labute approximate surface area is 190 Å². The van der Waals surface area contributed by atoms with Gasteiger partial charge in [-0.2, -0.15) is 0 Å². The molecule has 2 N–H and O–H groups in total. The Kier molecular flexibility index (Phi) is 6.56. The van der Waals surface area contributed by atoms with E-state index in [0.717, 1.165) is 39.8 Å². The van der Waals surface area contributed by atoms with Gasteiger partial charge in [-0.1, -0.05) is 54.6 Å². The van der Waals surface area contributed by atoms with Crippen molar-refractivity contribution in [2.24, 2.45) is 0 Å². The molecule has 7 heteroatoms. The van der Waals surface area contributed by atoms with Gasteiger partial charge in [0, 0.05) is 12.1 Å². The van der Waals surface area contributed by atoms with Gasteiger partial charge in [0.1, 0.15) is 11.0 Å². The Bertz CT molecular complexity index is 1160. The molecule has 0 bridgehead atoms. The highest BCUT2D eigenvalue weighted by Crippen LogP contribution is 2.26. The van der Waals surface area contributed by atoms with Crippen molar-refractivity contribution in [2.45, 2.75) is 11.7 Å². The Hall–Kier alpha value is -3.58. The standard InChI is InChI=1S/C25H22N2O4S/c1-31-20-9-5-6-16(13-20)12-19-14-18(17-7-3-2-4-8-17)10-11-21(19)23(28)26-15-22-24(29)27-25(30)32-22/h2-11,13-14,22H,12,15H2,1H3,(H,26,28)(H,27,29,30). The summed E-state index contributed by atoms with van der Waals surface area (Å²) in [6.07, 6.45) is 0.539. The van der Waals surface area contributed by atoms with Crippen LogP contribution in [0.25, 0.3) is 11.1 Å². The van der Waals surface area contributed by atoms with E-state index < -0.39 is 5.25 Å². The highest BCUT2D eigenvalue weighted by molar-refractivity contribution is 8.15. The van der Waals surface area contributed by atoms with Crippen molar-refractivity contribution in [3.63, 3.8) is 0 Å². The van der Waals surface area contributed by atoms with Gasteiger partial charge in [-0.3, -0.25) is 19.7 Å². The summed E-state index contributed by atoms with van der Waals surface area (Å²) in [5.41, 5.74) is 4.47. The van der Waals surface area contributed by atoms with E-state index in [9.17, 15) is 14.4 Å². The van der Waals surface area contributed by atoms with E-state index in [0.29, 0.717) is 12.0 Å². The molecule has 4 rings (SSSR count). The van der Waals surface area contributed by atoms with Crippen molar-refractivity contribution in [2.75, 3.05) is 13.7 Å². The molecule has 3 amide bonds. The van der Waals surface area contributed by atoms with E-state index in [1.165, 1.54) is 0 Å². The number of methoxy groups -OCH3 is 1. The van der Waals surface area contributed by atoms with Gasteiger partial charge in [0.25, 0.3) is 11.1 Å². The van der Waals surface area contributed by atoms with Crippen LogP contribution in [-0.4, -0.2) is 36.0 Å². The molecule has 0 aliphatic carbocycles. The van der Waals surface area contributed by atoms with E-state index in [2.05, 4.69) is 10.6 Å². The Morgan fingerprint density at radius 2 is 1.81 bits per heavy atom. The molecular formula is C25H22N2O4S. The zero-order valence-corrected chi connectivity index (χ0v) is 18.3. The predicted octanol–water partition coefficient (Wildman–Crippen LogP) is 4.03. The first-order chi connectivity index (χ1) is 15.5. The number of hydrogen-bond acceptors (Lipinski definition) is 5. The number of rotatable bonds is 7. The van der Waals surface area contributed by atoms with Crippen LogP contribution in [0.3, 0.4) is 0 Å². The number of benzene rings is 3. The van der Waals surface area contributed by atoms with Crippen molar-refractivity contribution >= 4 is 28.8 Å². The summed E-state index contributed by atoms with van der Waals surface area (Å²) in [4.78, 5) is 36.2. The second-order valence-electron chi connectivity index (χ2n) is 7.36. The van der Waals surface area contributed by atoms with Crippen molar-refractivity contribution in [3.05, 3.63) is 89.5 Å². The minimum absolute atomic E-state index is 0.0834. The van der Waals surface area contributed by atoms with Gasteiger partial charge in [-0.05, 0) is 58.6 Å². The number of imide groups is 1. The minimum Gasteiger partial charge on any atom is -0.497 e. The van der Waals surface area contributed by atoms with Crippen LogP contribution in [0.15, 0.2) is 72.8 Å². The maximum absolute atomic E-state index is 13.0. The summed E-state index contributed by atoms with van der Waals surface area (Å²) in [7, 11) is 1.62. The van der Waals surface area contributed by atoms with Gasteiger partial charge in [0.15, 0.2) is 0 Å². The number of hydrogen-bond donors (Lipinski definition) is 2. The van der Waals surface area contributed by atoms with E-state index in [-0.39, 0.29) is 23.6 Å². The second kappa shape index (κ2) is 9.70. The lowest BCUT2D eigenvalue weighted by Gasteiger charge is -2.14. The molecule has 1 saturated heterocycles. The molecule has 3 aromatic rings. The third kappa shape index (κ3) is 5.00.